The van der Waals surface area contributed by atoms with Gasteiger partial charge in [-0.1, -0.05) is 37.3 Å². The van der Waals surface area contributed by atoms with Gasteiger partial charge in [-0.2, -0.15) is 0 Å². The molecule has 0 aliphatic carbocycles. The number of aryl methyl sites for hydroxylation is 2. The van der Waals surface area contributed by atoms with E-state index in [1.165, 1.54) is 17.7 Å². The van der Waals surface area contributed by atoms with Crippen LogP contribution in [0.1, 0.15) is 35.6 Å². The number of fused-ring (bicyclic) bond motifs is 1. The molecule has 37 heavy (non-hydrogen) atoms. The smallest absolute Gasteiger partial charge is 0.231 e. The first-order valence-corrected chi connectivity index (χ1v) is 12.5. The van der Waals surface area contributed by atoms with Crippen molar-refractivity contribution in [1.29, 1.82) is 0 Å². The van der Waals surface area contributed by atoms with Gasteiger partial charge in [0.25, 0.3) is 0 Å². The fourth-order valence-corrected chi connectivity index (χ4v) is 4.37. The van der Waals surface area contributed by atoms with Crippen LogP contribution in [0.4, 0.5) is 8.78 Å². The van der Waals surface area contributed by atoms with Crippen molar-refractivity contribution in [3.8, 4) is 11.5 Å². The molecule has 0 saturated heterocycles. The predicted molar refractivity (Wildman–Crippen MR) is 136 cm³/mol. The number of hydrogen-bond donors (Lipinski definition) is 3. The Hall–Kier alpha value is -3.49. The SMILES string of the molecule is CCc1cccc(CNC[C@H](O)[C@H](Cc2cc(F)cc(F)c2)NC(=O)CCc2ccc3c(c2)OCO3)c1. The number of aliphatic hydroxyl groups is 1. The fourth-order valence-electron chi connectivity index (χ4n) is 4.37. The lowest BCUT2D eigenvalue weighted by molar-refractivity contribution is -0.122. The molecule has 0 spiro atoms. The molecule has 0 fully saturated rings. The van der Waals surface area contributed by atoms with E-state index in [0.29, 0.717) is 30.0 Å². The number of amides is 1. The Morgan fingerprint density at radius 1 is 0.946 bits per heavy atom. The molecule has 1 heterocycles. The summed E-state index contributed by atoms with van der Waals surface area (Å²) in [5, 5.41) is 17.0. The van der Waals surface area contributed by atoms with Crippen LogP contribution in [0.5, 0.6) is 11.5 Å². The van der Waals surface area contributed by atoms with Crippen LogP contribution in [0.25, 0.3) is 0 Å². The van der Waals surface area contributed by atoms with Gasteiger partial charge in [0.15, 0.2) is 11.5 Å². The van der Waals surface area contributed by atoms with E-state index in [-0.39, 0.29) is 32.1 Å². The highest BCUT2D eigenvalue weighted by Crippen LogP contribution is 2.32. The first-order chi connectivity index (χ1) is 17.9. The van der Waals surface area contributed by atoms with Gasteiger partial charge in [-0.15, -0.1) is 0 Å². The van der Waals surface area contributed by atoms with Gasteiger partial charge in [-0.25, -0.2) is 8.78 Å². The van der Waals surface area contributed by atoms with Crippen LogP contribution in [0, 0.1) is 11.6 Å². The Bertz CT molecular complexity index is 1200. The van der Waals surface area contributed by atoms with E-state index in [1.807, 2.05) is 30.3 Å². The van der Waals surface area contributed by atoms with Crippen molar-refractivity contribution >= 4 is 5.91 Å². The van der Waals surface area contributed by atoms with Crippen LogP contribution >= 0.6 is 0 Å². The minimum absolute atomic E-state index is 0.0820. The van der Waals surface area contributed by atoms with E-state index >= 15 is 0 Å². The van der Waals surface area contributed by atoms with Gasteiger partial charge in [0, 0.05) is 25.6 Å². The van der Waals surface area contributed by atoms with Gasteiger partial charge in [-0.3, -0.25) is 4.79 Å². The molecule has 0 saturated carbocycles. The molecule has 2 atom stereocenters. The second kappa shape index (κ2) is 12.7. The molecule has 8 heteroatoms. The van der Waals surface area contributed by atoms with Gasteiger partial charge >= 0.3 is 0 Å². The largest absolute Gasteiger partial charge is 0.454 e. The van der Waals surface area contributed by atoms with Crippen LogP contribution in [-0.2, 0) is 30.6 Å². The summed E-state index contributed by atoms with van der Waals surface area (Å²) < 4.78 is 38.3. The predicted octanol–water partition coefficient (Wildman–Crippen LogP) is 4.07. The zero-order chi connectivity index (χ0) is 26.2. The highest BCUT2D eigenvalue weighted by Gasteiger charge is 2.23. The average molecular weight is 511 g/mol. The number of halogens is 2. The van der Waals surface area contributed by atoms with Crippen LogP contribution in [-0.4, -0.2) is 36.5 Å². The van der Waals surface area contributed by atoms with Gasteiger partial charge in [0.2, 0.25) is 12.7 Å². The second-order valence-electron chi connectivity index (χ2n) is 9.22. The van der Waals surface area contributed by atoms with Crippen LogP contribution in [0.3, 0.4) is 0 Å². The van der Waals surface area contributed by atoms with Crippen molar-refractivity contribution in [3.63, 3.8) is 0 Å². The topological polar surface area (TPSA) is 79.8 Å². The minimum Gasteiger partial charge on any atom is -0.454 e. The lowest BCUT2D eigenvalue weighted by Crippen LogP contribution is -2.48. The number of hydrogen-bond acceptors (Lipinski definition) is 5. The summed E-state index contributed by atoms with van der Waals surface area (Å²) in [6.45, 7) is 3.01. The number of aliphatic hydroxyl groups excluding tert-OH is 1. The summed E-state index contributed by atoms with van der Waals surface area (Å²) in [7, 11) is 0. The quantitative estimate of drug-likeness (QED) is 0.342. The maximum atomic E-state index is 13.8. The molecule has 0 bridgehead atoms. The number of carbonyl (C=O) groups excluding carboxylic acids is 1. The second-order valence-corrected chi connectivity index (χ2v) is 9.22. The summed E-state index contributed by atoms with van der Waals surface area (Å²) in [4.78, 5) is 12.8. The van der Waals surface area contributed by atoms with Crippen molar-refractivity contribution in [2.24, 2.45) is 0 Å². The Balaban J connectivity index is 1.37. The Kier molecular flexibility index (Phi) is 9.09. The monoisotopic (exact) mass is 510 g/mol. The molecule has 4 rings (SSSR count). The molecule has 3 N–H and O–H groups in total. The maximum Gasteiger partial charge on any atom is 0.231 e. The first kappa shape index (κ1) is 26.6. The minimum atomic E-state index is -0.977. The van der Waals surface area contributed by atoms with Gasteiger partial charge in [0.05, 0.1) is 12.1 Å². The molecule has 1 aliphatic heterocycles. The molecule has 196 valence electrons. The third-order valence-electron chi connectivity index (χ3n) is 6.35. The van der Waals surface area contributed by atoms with E-state index < -0.39 is 23.8 Å². The third kappa shape index (κ3) is 7.74. The Morgan fingerprint density at radius 3 is 2.49 bits per heavy atom. The molecular weight excluding hydrogens is 478 g/mol. The van der Waals surface area contributed by atoms with Gasteiger partial charge in [0.1, 0.15) is 11.6 Å². The van der Waals surface area contributed by atoms with E-state index in [0.717, 1.165) is 23.6 Å². The lowest BCUT2D eigenvalue weighted by Gasteiger charge is -2.25. The zero-order valence-electron chi connectivity index (χ0n) is 20.8. The van der Waals surface area contributed by atoms with E-state index in [2.05, 4.69) is 29.7 Å². The summed E-state index contributed by atoms with van der Waals surface area (Å²) in [5.41, 5.74) is 3.58. The zero-order valence-corrected chi connectivity index (χ0v) is 20.8. The average Bonchev–Trinajstić information content (AvgIpc) is 3.34. The molecule has 0 radical (unpaired) electrons. The number of benzene rings is 3. The highest BCUT2D eigenvalue weighted by molar-refractivity contribution is 5.76. The molecular formula is C29H32F2N2O4. The molecule has 1 amide bonds. The van der Waals surface area contributed by atoms with Crippen LogP contribution in [0.2, 0.25) is 0 Å². The maximum absolute atomic E-state index is 13.8. The summed E-state index contributed by atoms with van der Waals surface area (Å²) in [6, 6.07) is 16.2. The van der Waals surface area contributed by atoms with Gasteiger partial charge < -0.3 is 25.2 Å². The van der Waals surface area contributed by atoms with Crippen LogP contribution in [0.15, 0.2) is 60.7 Å². The number of carbonyl (C=O) groups is 1. The lowest BCUT2D eigenvalue weighted by atomic mass is 10.00. The molecule has 0 aromatic heterocycles. The molecule has 1 aliphatic rings. The summed E-state index contributed by atoms with van der Waals surface area (Å²) in [6.07, 6.45) is 0.679. The van der Waals surface area contributed by atoms with Crippen molar-refractivity contribution in [3.05, 3.63) is 94.6 Å². The van der Waals surface area contributed by atoms with Crippen molar-refractivity contribution in [1.82, 2.24) is 10.6 Å². The van der Waals surface area contributed by atoms with Crippen molar-refractivity contribution < 1.29 is 28.2 Å². The van der Waals surface area contributed by atoms with Crippen molar-refractivity contribution in [2.45, 2.75) is 51.3 Å². The summed E-state index contributed by atoms with van der Waals surface area (Å²) in [5.74, 6) is -0.352. The first-order valence-electron chi connectivity index (χ1n) is 12.5. The molecule has 0 unspecified atom stereocenters. The Morgan fingerprint density at radius 2 is 1.70 bits per heavy atom. The number of rotatable bonds is 12. The van der Waals surface area contributed by atoms with E-state index in [1.54, 1.807) is 0 Å². The van der Waals surface area contributed by atoms with E-state index in [4.69, 9.17) is 9.47 Å². The number of ether oxygens (including phenoxy) is 2. The Labute approximate surface area is 215 Å². The molecule has 3 aromatic carbocycles. The van der Waals surface area contributed by atoms with Crippen molar-refractivity contribution in [2.75, 3.05) is 13.3 Å². The van der Waals surface area contributed by atoms with E-state index in [9.17, 15) is 18.7 Å². The van der Waals surface area contributed by atoms with Crippen LogP contribution < -0.4 is 20.1 Å². The number of nitrogens with one attached hydrogen (secondary N) is 2. The fraction of sp³-hybridized carbons (Fsp3) is 0.345. The summed E-state index contributed by atoms with van der Waals surface area (Å²) >= 11 is 0. The molecule has 6 nitrogen and oxygen atoms in total. The van der Waals surface area contributed by atoms with Gasteiger partial charge in [-0.05, 0) is 65.8 Å². The molecule has 3 aromatic rings. The third-order valence-corrected chi connectivity index (χ3v) is 6.35. The normalized spacial score (nSPS) is 13.8. The standard InChI is InChI=1S/C29H32F2N2O4/c1-2-19-4-3-5-21(10-19)16-32-17-26(34)25(13-22-11-23(30)15-24(31)12-22)33-29(35)9-7-20-6-8-27-28(14-20)37-18-36-27/h3-6,8,10-12,14-15,25-26,32,34H,2,7,9,13,16-18H2,1H3,(H,33,35)/t25-,26-/m0/s1. The highest BCUT2D eigenvalue weighted by atomic mass is 19.1.